The molecular formula is C29H22N4S. The molecule has 0 spiro atoms. The van der Waals surface area contributed by atoms with Gasteiger partial charge < -0.3 is 4.90 Å². The van der Waals surface area contributed by atoms with Crippen molar-refractivity contribution < 1.29 is 0 Å². The third-order valence-corrected chi connectivity index (χ3v) is 7.11. The Labute approximate surface area is 202 Å². The molecule has 0 bridgehead atoms. The molecule has 6 rings (SSSR count). The zero-order valence-corrected chi connectivity index (χ0v) is 19.2. The number of rotatable bonds is 5. The lowest BCUT2D eigenvalue weighted by Gasteiger charge is -2.34. The van der Waals surface area contributed by atoms with E-state index in [4.69, 9.17) is 0 Å². The summed E-state index contributed by atoms with van der Waals surface area (Å²) in [6, 6.07) is 37.7. The van der Waals surface area contributed by atoms with Gasteiger partial charge in [0.1, 0.15) is 0 Å². The molecule has 0 fully saturated rings. The highest BCUT2D eigenvalue weighted by Gasteiger charge is 2.25. The highest BCUT2D eigenvalue weighted by Crippen LogP contribution is 2.52. The van der Waals surface area contributed by atoms with Crippen LogP contribution in [0.1, 0.15) is 0 Å². The van der Waals surface area contributed by atoms with Gasteiger partial charge in [-0.25, -0.2) is 0 Å². The van der Waals surface area contributed by atoms with Crippen molar-refractivity contribution in [3.8, 4) is 0 Å². The van der Waals surface area contributed by atoms with Crippen LogP contribution in [0.3, 0.4) is 0 Å². The van der Waals surface area contributed by atoms with Crippen molar-refractivity contribution in [1.29, 1.82) is 0 Å². The molecule has 164 valence electrons. The molecular weight excluding hydrogens is 436 g/mol. The van der Waals surface area contributed by atoms with Crippen molar-refractivity contribution in [2.45, 2.75) is 9.79 Å². The smallest absolute Gasteiger partial charge is 0.0878 e. The molecule has 0 saturated heterocycles. The Bertz CT molecular complexity index is 1480. The minimum atomic E-state index is 0.800. The van der Waals surface area contributed by atoms with Crippen LogP contribution >= 0.6 is 11.8 Å². The molecule has 5 aromatic carbocycles. The van der Waals surface area contributed by atoms with E-state index in [2.05, 4.69) is 112 Å². The lowest BCUT2D eigenvalue weighted by Crippen LogP contribution is -2.18. The van der Waals surface area contributed by atoms with Crippen LogP contribution in [0.15, 0.2) is 124 Å². The molecule has 4 nitrogen and oxygen atoms in total. The predicted molar refractivity (Wildman–Crippen MR) is 146 cm³/mol. The molecule has 0 amide bonds. The van der Waals surface area contributed by atoms with Crippen molar-refractivity contribution in [3.05, 3.63) is 109 Å². The number of hydrogen-bond donors (Lipinski definition) is 2. The van der Waals surface area contributed by atoms with Gasteiger partial charge in [0, 0.05) is 15.2 Å². The fraction of sp³-hybridized carbons (Fsp3) is 0. The van der Waals surface area contributed by atoms with Crippen LogP contribution in [-0.2, 0) is 0 Å². The average molecular weight is 459 g/mol. The number of hydrazine groups is 1. The second-order valence-corrected chi connectivity index (χ2v) is 9.06. The van der Waals surface area contributed by atoms with Gasteiger partial charge in [0.15, 0.2) is 0 Å². The van der Waals surface area contributed by atoms with E-state index in [1.807, 2.05) is 24.3 Å². The monoisotopic (exact) mass is 458 g/mol. The van der Waals surface area contributed by atoms with Crippen LogP contribution < -0.4 is 15.8 Å². The normalized spacial score (nSPS) is 12.1. The first-order chi connectivity index (χ1) is 16.8. The zero-order valence-electron chi connectivity index (χ0n) is 18.4. The molecule has 34 heavy (non-hydrogen) atoms. The molecule has 0 unspecified atom stereocenters. The second-order valence-electron chi connectivity index (χ2n) is 7.98. The van der Waals surface area contributed by atoms with E-state index >= 15 is 0 Å². The van der Waals surface area contributed by atoms with Crippen LogP contribution in [0, 0.1) is 0 Å². The average Bonchev–Trinajstić information content (AvgIpc) is 2.90. The van der Waals surface area contributed by atoms with E-state index in [9.17, 15) is 0 Å². The Balaban J connectivity index is 1.44. The molecule has 0 atom stereocenters. The number of benzene rings is 5. The number of hydrogen-bond acceptors (Lipinski definition) is 5. The van der Waals surface area contributed by atoms with Crippen molar-refractivity contribution in [2.75, 3.05) is 15.8 Å². The van der Waals surface area contributed by atoms with Crippen LogP contribution in [0.2, 0.25) is 0 Å². The Kier molecular flexibility index (Phi) is 5.17. The summed E-state index contributed by atoms with van der Waals surface area (Å²) < 4.78 is 0. The van der Waals surface area contributed by atoms with Crippen molar-refractivity contribution in [1.82, 2.24) is 0 Å². The van der Waals surface area contributed by atoms with Crippen LogP contribution in [0.25, 0.3) is 10.8 Å². The minimum Gasteiger partial charge on any atom is -0.306 e. The third kappa shape index (κ3) is 3.47. The van der Waals surface area contributed by atoms with E-state index in [0.717, 1.165) is 33.5 Å². The van der Waals surface area contributed by atoms with Gasteiger partial charge in [-0.15, -0.1) is 0 Å². The Morgan fingerprint density at radius 1 is 0.618 bits per heavy atom. The van der Waals surface area contributed by atoms with Gasteiger partial charge in [0.2, 0.25) is 0 Å². The van der Waals surface area contributed by atoms with Crippen LogP contribution in [0.4, 0.5) is 34.1 Å². The van der Waals surface area contributed by atoms with Gasteiger partial charge in [-0.1, -0.05) is 78.5 Å². The van der Waals surface area contributed by atoms with E-state index < -0.39 is 0 Å². The largest absolute Gasteiger partial charge is 0.306 e. The maximum Gasteiger partial charge on any atom is 0.0878 e. The zero-order chi connectivity index (χ0) is 22.9. The minimum absolute atomic E-state index is 0.800. The van der Waals surface area contributed by atoms with E-state index in [1.165, 1.54) is 21.2 Å². The van der Waals surface area contributed by atoms with E-state index in [-0.39, 0.29) is 0 Å². The first-order valence-corrected chi connectivity index (χ1v) is 11.9. The fourth-order valence-electron chi connectivity index (χ4n) is 4.39. The fourth-order valence-corrected chi connectivity index (χ4v) is 5.45. The third-order valence-electron chi connectivity index (χ3n) is 5.98. The summed E-state index contributed by atoms with van der Waals surface area (Å²) in [4.78, 5) is 9.02. The highest BCUT2D eigenvalue weighted by atomic mass is 32.2. The maximum atomic E-state index is 4.24. The Morgan fingerprint density at radius 2 is 1.24 bits per heavy atom. The molecule has 0 radical (unpaired) electrons. The topological polar surface area (TPSA) is 39.7 Å². The van der Waals surface area contributed by atoms with Crippen molar-refractivity contribution >= 4 is 63.4 Å². The summed E-state index contributed by atoms with van der Waals surface area (Å²) in [5.41, 5.74) is 13.0. The van der Waals surface area contributed by atoms with Crippen LogP contribution in [0.5, 0.6) is 0 Å². The number of nitrogens with one attached hydrogen (secondary N) is 2. The first-order valence-electron chi connectivity index (χ1n) is 11.1. The molecule has 0 aliphatic carbocycles. The highest BCUT2D eigenvalue weighted by molar-refractivity contribution is 7.99. The Morgan fingerprint density at radius 3 is 1.97 bits per heavy atom. The van der Waals surface area contributed by atoms with Crippen LogP contribution in [-0.4, -0.2) is 6.72 Å². The van der Waals surface area contributed by atoms with Gasteiger partial charge in [-0.2, -0.15) is 0 Å². The quantitative estimate of drug-likeness (QED) is 0.200. The Hall–Kier alpha value is -4.22. The van der Waals surface area contributed by atoms with E-state index in [0.29, 0.717) is 0 Å². The van der Waals surface area contributed by atoms with Gasteiger partial charge in [0.05, 0.1) is 34.1 Å². The summed E-state index contributed by atoms with van der Waals surface area (Å²) in [5, 5.41) is 2.23. The summed E-state index contributed by atoms with van der Waals surface area (Å²) >= 11 is 1.81. The standard InChI is InChI=1S/C29H22N4S/c1-30-23-19-18-20-10-2-3-11-21(20)29(23)32-31-22-12-4-5-13-24(22)33-25-14-6-8-16-27(25)34-28-17-9-7-15-26(28)33/h2-19,31-32H,1H2. The molecule has 5 aromatic rings. The second kappa shape index (κ2) is 8.61. The number of aliphatic imine (C=N–C) groups is 1. The lowest BCUT2D eigenvalue weighted by molar-refractivity contribution is 1.16. The van der Waals surface area contributed by atoms with Gasteiger partial charge in [-0.3, -0.25) is 15.8 Å². The molecule has 1 aliphatic rings. The summed E-state index contributed by atoms with van der Waals surface area (Å²) in [7, 11) is 0. The summed E-state index contributed by atoms with van der Waals surface area (Å²) in [5.74, 6) is 0. The predicted octanol–water partition coefficient (Wildman–Crippen LogP) is 8.55. The number of anilines is 5. The molecule has 0 saturated carbocycles. The van der Waals surface area contributed by atoms with E-state index in [1.54, 1.807) is 11.8 Å². The van der Waals surface area contributed by atoms with Gasteiger partial charge in [0.25, 0.3) is 0 Å². The number of para-hydroxylation sites is 4. The van der Waals surface area contributed by atoms with Gasteiger partial charge >= 0.3 is 0 Å². The first kappa shape index (κ1) is 20.4. The van der Waals surface area contributed by atoms with Crippen molar-refractivity contribution in [3.63, 3.8) is 0 Å². The number of nitrogens with zero attached hydrogens (tertiary/aromatic N) is 2. The molecule has 1 aliphatic heterocycles. The van der Waals surface area contributed by atoms with Crippen molar-refractivity contribution in [2.24, 2.45) is 4.99 Å². The molecule has 2 N–H and O–H groups in total. The van der Waals surface area contributed by atoms with Gasteiger partial charge in [-0.05, 0) is 54.6 Å². The maximum absolute atomic E-state index is 4.24. The molecule has 0 aromatic heterocycles. The lowest BCUT2D eigenvalue weighted by atomic mass is 10.1. The molecule has 5 heteroatoms. The molecule has 1 heterocycles. The summed E-state index contributed by atoms with van der Waals surface area (Å²) in [6.45, 7) is 3.77. The number of fused-ring (bicyclic) bond motifs is 3. The summed E-state index contributed by atoms with van der Waals surface area (Å²) in [6.07, 6.45) is 0. The SMILES string of the molecule is C=Nc1ccc2ccccc2c1NNc1ccccc1N1c2ccccc2Sc2ccccc21.